The van der Waals surface area contributed by atoms with Crippen LogP contribution < -0.4 is 5.73 Å². The van der Waals surface area contributed by atoms with Gasteiger partial charge in [-0.3, -0.25) is 0 Å². The first-order chi connectivity index (χ1) is 8.43. The van der Waals surface area contributed by atoms with E-state index >= 15 is 0 Å². The summed E-state index contributed by atoms with van der Waals surface area (Å²) in [5, 5.41) is 0. The van der Waals surface area contributed by atoms with Crippen LogP contribution >= 0.6 is 0 Å². The SMILES string of the molecule is Cn1c(C[C@H](CN)C(F)(F)F)nc2ccccc21. The van der Waals surface area contributed by atoms with E-state index in [4.69, 9.17) is 5.73 Å². The van der Waals surface area contributed by atoms with Gasteiger partial charge in [-0.15, -0.1) is 0 Å². The molecule has 3 nitrogen and oxygen atoms in total. The van der Waals surface area contributed by atoms with Gasteiger partial charge in [0.15, 0.2) is 0 Å². The molecular formula is C12H14F3N3. The summed E-state index contributed by atoms with van der Waals surface area (Å²) in [6, 6.07) is 7.25. The van der Waals surface area contributed by atoms with Crippen LogP contribution in [0.4, 0.5) is 13.2 Å². The van der Waals surface area contributed by atoms with Crippen LogP contribution in [0.1, 0.15) is 5.82 Å². The molecule has 18 heavy (non-hydrogen) atoms. The van der Waals surface area contributed by atoms with Gasteiger partial charge in [0.2, 0.25) is 0 Å². The monoisotopic (exact) mass is 257 g/mol. The first-order valence-electron chi connectivity index (χ1n) is 5.60. The van der Waals surface area contributed by atoms with Crippen LogP contribution in [0.3, 0.4) is 0 Å². The topological polar surface area (TPSA) is 43.8 Å². The molecule has 1 atom stereocenters. The summed E-state index contributed by atoms with van der Waals surface area (Å²) in [5.41, 5.74) is 6.72. The third-order valence-corrected chi connectivity index (χ3v) is 3.06. The summed E-state index contributed by atoms with van der Waals surface area (Å²) < 4.78 is 39.7. The minimum atomic E-state index is -4.28. The van der Waals surface area contributed by atoms with Crippen LogP contribution in [0.15, 0.2) is 24.3 Å². The van der Waals surface area contributed by atoms with Crippen LogP contribution in [-0.4, -0.2) is 22.3 Å². The highest BCUT2D eigenvalue weighted by Gasteiger charge is 2.39. The summed E-state index contributed by atoms with van der Waals surface area (Å²) >= 11 is 0. The van der Waals surface area contributed by atoms with Crippen molar-refractivity contribution in [2.45, 2.75) is 12.6 Å². The number of fused-ring (bicyclic) bond motifs is 1. The Balaban J connectivity index is 2.34. The summed E-state index contributed by atoms with van der Waals surface area (Å²) in [4.78, 5) is 4.22. The lowest BCUT2D eigenvalue weighted by atomic mass is 10.1. The van der Waals surface area contributed by atoms with Crippen molar-refractivity contribution in [2.75, 3.05) is 6.54 Å². The maximum absolute atomic E-state index is 12.7. The fourth-order valence-corrected chi connectivity index (χ4v) is 1.93. The first-order valence-corrected chi connectivity index (χ1v) is 5.60. The van der Waals surface area contributed by atoms with Crippen molar-refractivity contribution >= 4 is 11.0 Å². The molecule has 1 aromatic heterocycles. The van der Waals surface area contributed by atoms with Crippen LogP contribution in [0.2, 0.25) is 0 Å². The highest BCUT2D eigenvalue weighted by atomic mass is 19.4. The molecule has 1 heterocycles. The van der Waals surface area contributed by atoms with E-state index < -0.39 is 18.6 Å². The minimum Gasteiger partial charge on any atom is -0.331 e. The third kappa shape index (κ3) is 2.33. The molecule has 0 aliphatic heterocycles. The van der Waals surface area contributed by atoms with Gasteiger partial charge in [0.05, 0.1) is 17.0 Å². The number of imidazole rings is 1. The lowest BCUT2D eigenvalue weighted by molar-refractivity contribution is -0.171. The zero-order chi connectivity index (χ0) is 13.3. The summed E-state index contributed by atoms with van der Waals surface area (Å²) in [7, 11) is 1.72. The molecule has 2 N–H and O–H groups in total. The van der Waals surface area contributed by atoms with E-state index in [-0.39, 0.29) is 6.42 Å². The highest BCUT2D eigenvalue weighted by molar-refractivity contribution is 5.75. The second kappa shape index (κ2) is 4.61. The van der Waals surface area contributed by atoms with Gasteiger partial charge in [-0.2, -0.15) is 13.2 Å². The van der Waals surface area contributed by atoms with Crippen molar-refractivity contribution in [2.24, 2.45) is 18.7 Å². The fourth-order valence-electron chi connectivity index (χ4n) is 1.93. The normalized spacial score (nSPS) is 14.1. The van der Waals surface area contributed by atoms with Gasteiger partial charge in [0.25, 0.3) is 0 Å². The molecule has 98 valence electrons. The number of hydrogen-bond donors (Lipinski definition) is 1. The number of aryl methyl sites for hydroxylation is 1. The highest BCUT2D eigenvalue weighted by Crippen LogP contribution is 2.28. The Kier molecular flexibility index (Phi) is 3.30. The predicted octanol–water partition coefficient (Wildman–Crippen LogP) is 2.25. The van der Waals surface area contributed by atoms with Crippen molar-refractivity contribution < 1.29 is 13.2 Å². The predicted molar refractivity (Wildman–Crippen MR) is 63.0 cm³/mol. The quantitative estimate of drug-likeness (QED) is 0.916. The number of rotatable bonds is 3. The molecule has 0 saturated carbocycles. The van der Waals surface area contributed by atoms with Crippen LogP contribution in [0.25, 0.3) is 11.0 Å². The van der Waals surface area contributed by atoms with Crippen LogP contribution in [-0.2, 0) is 13.5 Å². The fraction of sp³-hybridized carbons (Fsp3) is 0.417. The van der Waals surface area contributed by atoms with Crippen molar-refractivity contribution in [1.29, 1.82) is 0 Å². The standard InChI is InChI=1S/C12H14F3N3/c1-18-10-5-3-2-4-9(10)17-11(18)6-8(7-16)12(13,14)15/h2-5,8H,6-7,16H2,1H3/t8-/m1/s1. The Morgan fingerprint density at radius 3 is 2.56 bits per heavy atom. The third-order valence-electron chi connectivity index (χ3n) is 3.06. The Hall–Kier alpha value is -1.56. The lowest BCUT2D eigenvalue weighted by Gasteiger charge is -2.17. The second-order valence-corrected chi connectivity index (χ2v) is 4.25. The zero-order valence-electron chi connectivity index (χ0n) is 9.91. The molecule has 0 radical (unpaired) electrons. The van der Waals surface area contributed by atoms with Gasteiger partial charge in [0, 0.05) is 20.0 Å². The first kappa shape index (κ1) is 12.9. The van der Waals surface area contributed by atoms with E-state index in [0.29, 0.717) is 11.3 Å². The number of hydrogen-bond acceptors (Lipinski definition) is 2. The van der Waals surface area contributed by atoms with Crippen molar-refractivity contribution in [3.8, 4) is 0 Å². The molecule has 0 saturated heterocycles. The van der Waals surface area contributed by atoms with Gasteiger partial charge in [-0.25, -0.2) is 4.98 Å². The number of para-hydroxylation sites is 2. The van der Waals surface area contributed by atoms with E-state index in [1.807, 2.05) is 18.2 Å². The molecule has 0 bridgehead atoms. The largest absolute Gasteiger partial charge is 0.393 e. The number of nitrogens with two attached hydrogens (primary N) is 1. The van der Waals surface area contributed by atoms with Crippen LogP contribution in [0, 0.1) is 5.92 Å². The zero-order valence-corrected chi connectivity index (χ0v) is 9.91. The van der Waals surface area contributed by atoms with E-state index in [0.717, 1.165) is 5.52 Å². The molecule has 1 aromatic carbocycles. The maximum Gasteiger partial charge on any atom is 0.393 e. The Bertz CT molecular complexity index is 545. The van der Waals surface area contributed by atoms with Crippen LogP contribution in [0.5, 0.6) is 0 Å². The minimum absolute atomic E-state index is 0.189. The Morgan fingerprint density at radius 2 is 2.00 bits per heavy atom. The Morgan fingerprint density at radius 1 is 1.33 bits per heavy atom. The van der Waals surface area contributed by atoms with Crippen molar-refractivity contribution in [1.82, 2.24) is 9.55 Å². The van der Waals surface area contributed by atoms with E-state index in [1.165, 1.54) is 0 Å². The molecule has 0 unspecified atom stereocenters. The molecule has 2 rings (SSSR count). The van der Waals surface area contributed by atoms with Gasteiger partial charge >= 0.3 is 6.18 Å². The number of benzene rings is 1. The number of nitrogens with zero attached hydrogens (tertiary/aromatic N) is 2. The molecular weight excluding hydrogens is 243 g/mol. The van der Waals surface area contributed by atoms with Gasteiger partial charge in [-0.05, 0) is 12.1 Å². The van der Waals surface area contributed by atoms with E-state index in [1.54, 1.807) is 17.7 Å². The van der Waals surface area contributed by atoms with Gasteiger partial charge in [-0.1, -0.05) is 12.1 Å². The number of alkyl halides is 3. The number of halogens is 3. The second-order valence-electron chi connectivity index (χ2n) is 4.25. The summed E-state index contributed by atoms with van der Waals surface area (Å²) in [6.07, 6.45) is -4.47. The lowest BCUT2D eigenvalue weighted by Crippen LogP contribution is -2.32. The van der Waals surface area contributed by atoms with Crippen molar-refractivity contribution in [3.63, 3.8) is 0 Å². The van der Waals surface area contributed by atoms with Gasteiger partial charge in [0.1, 0.15) is 5.82 Å². The molecule has 0 aliphatic rings. The van der Waals surface area contributed by atoms with E-state index in [2.05, 4.69) is 4.98 Å². The smallest absolute Gasteiger partial charge is 0.331 e. The molecule has 0 aliphatic carbocycles. The summed E-state index contributed by atoms with van der Waals surface area (Å²) in [6.45, 7) is -0.424. The maximum atomic E-state index is 12.7. The molecule has 6 heteroatoms. The van der Waals surface area contributed by atoms with E-state index in [9.17, 15) is 13.2 Å². The van der Waals surface area contributed by atoms with Crippen molar-refractivity contribution in [3.05, 3.63) is 30.1 Å². The average molecular weight is 257 g/mol. The Labute approximate surface area is 102 Å². The molecule has 2 aromatic rings. The number of aromatic nitrogens is 2. The molecule has 0 spiro atoms. The molecule has 0 amide bonds. The molecule has 0 fully saturated rings. The summed E-state index contributed by atoms with van der Waals surface area (Å²) in [5.74, 6) is -1.14. The van der Waals surface area contributed by atoms with Gasteiger partial charge < -0.3 is 10.3 Å². The average Bonchev–Trinajstić information content (AvgIpc) is 2.62.